The first-order valence-electron chi connectivity index (χ1n) is 19.6. The first kappa shape index (κ1) is 42.0. The van der Waals surface area contributed by atoms with Crippen LogP contribution in [0.5, 0.6) is 46.0 Å². The molecular formula is C52H33N3O8S. The summed E-state index contributed by atoms with van der Waals surface area (Å²) in [6, 6.07) is 50.0. The fraction of sp³-hybridized carbons (Fsp3) is 0.0385. The number of hydrogen-bond acceptors (Lipinski definition) is 10. The van der Waals surface area contributed by atoms with E-state index in [2.05, 4.69) is 18.2 Å². The molecule has 0 aromatic heterocycles. The van der Waals surface area contributed by atoms with Crippen molar-refractivity contribution in [2.24, 2.45) is 0 Å². The number of carbonyl (C=O) groups is 1. The van der Waals surface area contributed by atoms with Crippen molar-refractivity contribution in [3.05, 3.63) is 197 Å². The fourth-order valence-corrected chi connectivity index (χ4v) is 7.62. The van der Waals surface area contributed by atoms with Crippen LogP contribution in [0.15, 0.2) is 163 Å². The van der Waals surface area contributed by atoms with Crippen LogP contribution >= 0.6 is 0 Å². The SMILES string of the molecule is Cc1ccc(-c2cccc(Oc3cccc(Oc4cccc(Oc5ccc6ccc(Oc7cccc(C)c7C#N)cc6c5)c4C#N)c3)c2C#N)c(C(=O)c2cccc(S(=O)(=O)O)c2)c1. The monoisotopic (exact) mass is 859 g/mol. The van der Waals surface area contributed by atoms with Gasteiger partial charge in [-0.05, 0) is 115 Å². The van der Waals surface area contributed by atoms with Gasteiger partial charge in [-0.15, -0.1) is 0 Å². The Morgan fingerprint density at radius 2 is 1.02 bits per heavy atom. The zero-order valence-corrected chi connectivity index (χ0v) is 34.9. The maximum atomic E-state index is 13.9. The summed E-state index contributed by atoms with van der Waals surface area (Å²) in [6.45, 7) is 3.65. The maximum Gasteiger partial charge on any atom is 0.294 e. The Labute approximate surface area is 368 Å². The molecule has 0 amide bonds. The summed E-state index contributed by atoms with van der Waals surface area (Å²) >= 11 is 0. The molecule has 0 fully saturated rings. The van der Waals surface area contributed by atoms with E-state index in [1.807, 2.05) is 49.4 Å². The Balaban J connectivity index is 1.03. The molecule has 1 N–H and O–H groups in total. The quantitative estimate of drug-likeness (QED) is 0.0912. The number of ketones is 1. The van der Waals surface area contributed by atoms with Crippen LogP contribution < -0.4 is 18.9 Å². The predicted octanol–water partition coefficient (Wildman–Crippen LogP) is 12.4. The second kappa shape index (κ2) is 17.7. The van der Waals surface area contributed by atoms with Crippen molar-refractivity contribution < 1.29 is 36.7 Å². The van der Waals surface area contributed by atoms with Crippen LogP contribution in [-0.2, 0) is 10.1 Å². The zero-order chi connectivity index (χ0) is 45.0. The van der Waals surface area contributed by atoms with E-state index >= 15 is 0 Å². The molecule has 0 saturated heterocycles. The van der Waals surface area contributed by atoms with Crippen LogP contribution in [0.3, 0.4) is 0 Å². The fourth-order valence-electron chi connectivity index (χ4n) is 7.09. The van der Waals surface area contributed by atoms with Crippen LogP contribution in [0, 0.1) is 47.8 Å². The van der Waals surface area contributed by atoms with Gasteiger partial charge in [0.1, 0.15) is 75.3 Å². The molecule has 0 heterocycles. The van der Waals surface area contributed by atoms with Crippen molar-refractivity contribution in [2.45, 2.75) is 18.7 Å². The van der Waals surface area contributed by atoms with Gasteiger partial charge in [0.2, 0.25) is 0 Å². The van der Waals surface area contributed by atoms with Crippen LogP contribution in [0.1, 0.15) is 43.7 Å². The Hall–Kier alpha value is -8.73. The summed E-state index contributed by atoms with van der Waals surface area (Å²) in [6.07, 6.45) is 0. The third-order valence-corrected chi connectivity index (χ3v) is 11.0. The molecule has 8 aromatic rings. The largest absolute Gasteiger partial charge is 0.456 e. The minimum atomic E-state index is -4.56. The van der Waals surface area contributed by atoms with Gasteiger partial charge in [0.15, 0.2) is 5.78 Å². The van der Waals surface area contributed by atoms with Gasteiger partial charge in [0, 0.05) is 22.8 Å². The smallest absolute Gasteiger partial charge is 0.294 e. The van der Waals surface area contributed by atoms with Crippen molar-refractivity contribution in [1.29, 1.82) is 15.8 Å². The molecule has 11 nitrogen and oxygen atoms in total. The predicted molar refractivity (Wildman–Crippen MR) is 239 cm³/mol. The average molecular weight is 860 g/mol. The van der Waals surface area contributed by atoms with Crippen LogP contribution in [0.2, 0.25) is 0 Å². The van der Waals surface area contributed by atoms with Gasteiger partial charge in [-0.25, -0.2) is 0 Å². The van der Waals surface area contributed by atoms with Gasteiger partial charge in [-0.3, -0.25) is 9.35 Å². The number of fused-ring (bicyclic) bond motifs is 1. The van der Waals surface area contributed by atoms with Gasteiger partial charge in [-0.2, -0.15) is 24.2 Å². The lowest BCUT2D eigenvalue weighted by atomic mass is 9.90. The summed E-state index contributed by atoms with van der Waals surface area (Å²) < 4.78 is 58.1. The van der Waals surface area contributed by atoms with E-state index in [1.54, 1.807) is 97.9 Å². The van der Waals surface area contributed by atoms with Crippen molar-refractivity contribution in [1.82, 2.24) is 0 Å². The molecule has 8 aromatic carbocycles. The lowest BCUT2D eigenvalue weighted by Gasteiger charge is -2.15. The van der Waals surface area contributed by atoms with Gasteiger partial charge < -0.3 is 18.9 Å². The van der Waals surface area contributed by atoms with E-state index in [4.69, 9.17) is 18.9 Å². The Morgan fingerprint density at radius 1 is 0.500 bits per heavy atom. The molecule has 0 aliphatic carbocycles. The molecule has 64 heavy (non-hydrogen) atoms. The number of benzene rings is 8. The highest BCUT2D eigenvalue weighted by Crippen LogP contribution is 2.39. The summed E-state index contributed by atoms with van der Waals surface area (Å²) in [7, 11) is -4.56. The molecule has 0 aliphatic heterocycles. The average Bonchev–Trinajstić information content (AvgIpc) is 3.29. The highest BCUT2D eigenvalue weighted by Gasteiger charge is 2.22. The second-order valence-electron chi connectivity index (χ2n) is 14.5. The zero-order valence-electron chi connectivity index (χ0n) is 34.1. The van der Waals surface area contributed by atoms with Crippen molar-refractivity contribution in [3.63, 3.8) is 0 Å². The molecule has 0 radical (unpaired) electrons. The number of hydrogen-bond donors (Lipinski definition) is 1. The van der Waals surface area contributed by atoms with E-state index < -0.39 is 20.8 Å². The number of carbonyl (C=O) groups excluding carboxylic acids is 1. The summed E-state index contributed by atoms with van der Waals surface area (Å²) in [4.78, 5) is 13.5. The van der Waals surface area contributed by atoms with E-state index in [9.17, 15) is 33.6 Å². The molecule has 0 bridgehead atoms. The van der Waals surface area contributed by atoms with Gasteiger partial charge in [0.05, 0.1) is 10.5 Å². The Morgan fingerprint density at radius 3 is 1.61 bits per heavy atom. The number of aryl methyl sites for hydroxylation is 2. The molecule has 0 unspecified atom stereocenters. The minimum absolute atomic E-state index is 0.0335. The van der Waals surface area contributed by atoms with Crippen molar-refractivity contribution >= 4 is 26.7 Å². The molecule has 8 rings (SSSR count). The summed E-state index contributed by atoms with van der Waals surface area (Å²) in [5, 5.41) is 32.2. The van der Waals surface area contributed by atoms with E-state index in [1.165, 1.54) is 18.2 Å². The molecule has 0 spiro atoms. The molecule has 12 heteroatoms. The highest BCUT2D eigenvalue weighted by molar-refractivity contribution is 7.85. The second-order valence-corrected chi connectivity index (χ2v) is 15.9. The topological polar surface area (TPSA) is 180 Å². The molecular weight excluding hydrogens is 827 g/mol. The first-order valence-corrected chi connectivity index (χ1v) is 21.0. The third-order valence-electron chi connectivity index (χ3n) is 10.2. The third kappa shape index (κ3) is 8.85. The maximum absolute atomic E-state index is 13.9. The van der Waals surface area contributed by atoms with Gasteiger partial charge in [0.25, 0.3) is 10.1 Å². The van der Waals surface area contributed by atoms with Crippen LogP contribution in [0.4, 0.5) is 0 Å². The van der Waals surface area contributed by atoms with Crippen LogP contribution in [0.25, 0.3) is 21.9 Å². The van der Waals surface area contributed by atoms with Gasteiger partial charge >= 0.3 is 0 Å². The number of nitriles is 3. The van der Waals surface area contributed by atoms with E-state index in [0.717, 1.165) is 28.0 Å². The van der Waals surface area contributed by atoms with E-state index in [0.29, 0.717) is 45.4 Å². The van der Waals surface area contributed by atoms with Gasteiger partial charge in [-0.1, -0.05) is 78.4 Å². The lowest BCUT2D eigenvalue weighted by molar-refractivity contribution is 0.103. The lowest BCUT2D eigenvalue weighted by Crippen LogP contribution is -2.07. The Bertz CT molecular complexity index is 3420. The standard InChI is InChI=1S/C52H33N3O8S/c1-32-18-23-43(44(24-32)52(56)35-9-4-12-41(27-35)64(57,58)59)42-13-6-15-49(46(42)30-54)60-37-10-5-11-38(28-37)61-50-16-7-17-51(47(50)31-55)63-40-22-20-34-19-21-39(25-36(34)26-40)62-48-14-3-8-33(2)45(48)29-53/h3-28H,1-2H3,(H,57,58,59). The Kier molecular flexibility index (Phi) is 11.6. The molecule has 0 aliphatic rings. The minimum Gasteiger partial charge on any atom is -0.456 e. The normalized spacial score (nSPS) is 10.9. The number of rotatable bonds is 12. The molecule has 0 saturated carbocycles. The number of nitrogens with zero attached hydrogens (tertiary/aromatic N) is 3. The number of ether oxygens (including phenoxy) is 4. The first-order chi connectivity index (χ1) is 30.9. The highest BCUT2D eigenvalue weighted by atomic mass is 32.2. The van der Waals surface area contributed by atoms with E-state index in [-0.39, 0.29) is 39.5 Å². The summed E-state index contributed by atoms with van der Waals surface area (Å²) in [5.41, 5.74) is 3.35. The summed E-state index contributed by atoms with van der Waals surface area (Å²) in [5.74, 6) is 2.25. The molecule has 310 valence electrons. The van der Waals surface area contributed by atoms with Crippen LogP contribution in [-0.4, -0.2) is 18.8 Å². The molecule has 0 atom stereocenters. The van der Waals surface area contributed by atoms with Crippen molar-refractivity contribution in [3.8, 4) is 75.3 Å². The van der Waals surface area contributed by atoms with Crippen molar-refractivity contribution in [2.75, 3.05) is 0 Å².